The van der Waals surface area contributed by atoms with Gasteiger partial charge in [0.2, 0.25) is 0 Å². The number of hydrogen-bond acceptors (Lipinski definition) is 3. The van der Waals surface area contributed by atoms with Gasteiger partial charge in [-0.25, -0.2) is 0 Å². The van der Waals surface area contributed by atoms with Crippen LogP contribution in [0.1, 0.15) is 33.6 Å². The minimum atomic E-state index is -4.57. The number of rotatable bonds is 4. The fourth-order valence-corrected chi connectivity index (χ4v) is 1.11. The van der Waals surface area contributed by atoms with Crippen LogP contribution < -0.4 is 5.73 Å². The van der Waals surface area contributed by atoms with Gasteiger partial charge < -0.3 is 10.5 Å². The summed E-state index contributed by atoms with van der Waals surface area (Å²) >= 11 is 0. The Kier molecular flexibility index (Phi) is 5.25. The first kappa shape index (κ1) is 15.2. The van der Waals surface area contributed by atoms with E-state index >= 15 is 0 Å². The van der Waals surface area contributed by atoms with E-state index in [1.807, 2.05) is 0 Å². The topological polar surface area (TPSA) is 52.3 Å². The molecule has 0 aromatic heterocycles. The van der Waals surface area contributed by atoms with E-state index in [1.165, 1.54) is 20.8 Å². The Morgan fingerprint density at radius 3 is 2.12 bits per heavy atom. The summed E-state index contributed by atoms with van der Waals surface area (Å²) in [6, 6.07) is 0. The van der Waals surface area contributed by atoms with E-state index in [9.17, 15) is 18.0 Å². The Hall–Kier alpha value is -0.780. The fraction of sp³-hybridized carbons (Fsp3) is 0.900. The molecule has 0 saturated carbocycles. The average Bonchev–Trinajstić information content (AvgIpc) is 1.98. The normalized spacial score (nSPS) is 14.7. The van der Waals surface area contributed by atoms with E-state index in [1.54, 1.807) is 0 Å². The SMILES string of the molecule is CC(C)(C)OC(=O)C(CCCN)C(F)(F)F. The maximum atomic E-state index is 12.5. The first-order valence-electron chi connectivity index (χ1n) is 5.07. The van der Waals surface area contributed by atoms with Gasteiger partial charge in [-0.2, -0.15) is 13.2 Å². The Bertz CT molecular complexity index is 233. The van der Waals surface area contributed by atoms with Crippen LogP contribution >= 0.6 is 0 Å². The van der Waals surface area contributed by atoms with Crippen molar-refractivity contribution in [2.75, 3.05) is 6.54 Å². The molecule has 6 heteroatoms. The summed E-state index contributed by atoms with van der Waals surface area (Å²) in [6.45, 7) is 4.71. The van der Waals surface area contributed by atoms with Crippen molar-refractivity contribution in [3.05, 3.63) is 0 Å². The lowest BCUT2D eigenvalue weighted by molar-refractivity contribution is -0.205. The molecular formula is C10H18F3NO2. The smallest absolute Gasteiger partial charge is 0.402 e. The van der Waals surface area contributed by atoms with Crippen molar-refractivity contribution in [2.45, 2.75) is 45.4 Å². The lowest BCUT2D eigenvalue weighted by Gasteiger charge is -2.25. The second-order valence-electron chi connectivity index (χ2n) is 4.56. The van der Waals surface area contributed by atoms with E-state index in [2.05, 4.69) is 0 Å². The van der Waals surface area contributed by atoms with Gasteiger partial charge in [0.25, 0.3) is 0 Å². The van der Waals surface area contributed by atoms with Crippen molar-refractivity contribution >= 4 is 5.97 Å². The molecule has 3 nitrogen and oxygen atoms in total. The third-order valence-corrected chi connectivity index (χ3v) is 1.78. The van der Waals surface area contributed by atoms with Gasteiger partial charge in [0.1, 0.15) is 5.60 Å². The summed E-state index contributed by atoms with van der Waals surface area (Å²) < 4.78 is 42.3. The second kappa shape index (κ2) is 5.52. The highest BCUT2D eigenvalue weighted by atomic mass is 19.4. The van der Waals surface area contributed by atoms with E-state index in [0.717, 1.165) is 0 Å². The van der Waals surface area contributed by atoms with Crippen molar-refractivity contribution in [2.24, 2.45) is 11.7 Å². The summed E-state index contributed by atoms with van der Waals surface area (Å²) in [4.78, 5) is 11.3. The van der Waals surface area contributed by atoms with Crippen molar-refractivity contribution < 1.29 is 22.7 Å². The molecule has 0 rings (SSSR count). The highest BCUT2D eigenvalue weighted by Gasteiger charge is 2.46. The summed E-state index contributed by atoms with van der Waals surface area (Å²) in [7, 11) is 0. The van der Waals surface area contributed by atoms with Crippen LogP contribution in [0, 0.1) is 5.92 Å². The Morgan fingerprint density at radius 2 is 1.81 bits per heavy atom. The number of carbonyl (C=O) groups excluding carboxylic acids is 1. The van der Waals surface area contributed by atoms with Crippen molar-refractivity contribution in [1.82, 2.24) is 0 Å². The van der Waals surface area contributed by atoms with E-state index in [4.69, 9.17) is 10.5 Å². The van der Waals surface area contributed by atoms with Crippen molar-refractivity contribution in [3.63, 3.8) is 0 Å². The van der Waals surface area contributed by atoms with E-state index in [0.29, 0.717) is 0 Å². The number of nitrogens with two attached hydrogens (primary N) is 1. The minimum absolute atomic E-state index is 0.120. The maximum Gasteiger partial charge on any atom is 0.402 e. The molecule has 0 aromatic rings. The number of carbonyl (C=O) groups is 1. The molecule has 0 fully saturated rings. The summed E-state index contributed by atoms with van der Waals surface area (Å²) in [5.41, 5.74) is 4.21. The molecule has 0 spiro atoms. The van der Waals surface area contributed by atoms with Crippen LogP contribution in [0.3, 0.4) is 0 Å². The standard InChI is InChI=1S/C10H18F3NO2/c1-9(2,3)16-8(15)7(5-4-6-14)10(11,12)13/h7H,4-6,14H2,1-3H3. The first-order chi connectivity index (χ1) is 7.08. The largest absolute Gasteiger partial charge is 0.459 e. The van der Waals surface area contributed by atoms with Crippen LogP contribution in [0.4, 0.5) is 13.2 Å². The highest BCUT2D eigenvalue weighted by Crippen LogP contribution is 2.31. The van der Waals surface area contributed by atoms with Crippen LogP contribution in [0.25, 0.3) is 0 Å². The average molecular weight is 241 g/mol. The van der Waals surface area contributed by atoms with Gasteiger partial charge in [-0.05, 0) is 40.2 Å². The molecule has 16 heavy (non-hydrogen) atoms. The Balaban J connectivity index is 4.58. The lowest BCUT2D eigenvalue weighted by atomic mass is 10.0. The van der Waals surface area contributed by atoms with Gasteiger partial charge in [-0.1, -0.05) is 0 Å². The molecule has 0 bridgehead atoms. The summed E-state index contributed by atoms with van der Waals surface area (Å²) in [5, 5.41) is 0. The van der Waals surface area contributed by atoms with E-state index in [-0.39, 0.29) is 19.4 Å². The van der Waals surface area contributed by atoms with Gasteiger partial charge in [-0.15, -0.1) is 0 Å². The molecule has 1 atom stereocenters. The molecule has 0 saturated heterocycles. The fourth-order valence-electron chi connectivity index (χ4n) is 1.11. The van der Waals surface area contributed by atoms with Crippen molar-refractivity contribution in [1.29, 1.82) is 0 Å². The third kappa shape index (κ3) is 5.95. The molecule has 0 aromatic carbocycles. The first-order valence-corrected chi connectivity index (χ1v) is 5.07. The van der Waals surface area contributed by atoms with Gasteiger partial charge in [0, 0.05) is 0 Å². The Morgan fingerprint density at radius 1 is 1.31 bits per heavy atom. The van der Waals surface area contributed by atoms with Crippen LogP contribution in [-0.4, -0.2) is 24.3 Å². The number of esters is 1. The predicted octanol–water partition coefficient (Wildman–Crippen LogP) is 2.25. The van der Waals surface area contributed by atoms with Gasteiger partial charge >= 0.3 is 12.1 Å². The highest BCUT2D eigenvalue weighted by molar-refractivity contribution is 5.73. The molecule has 0 aliphatic carbocycles. The zero-order chi connectivity index (χ0) is 13.0. The zero-order valence-electron chi connectivity index (χ0n) is 9.73. The van der Waals surface area contributed by atoms with Crippen LogP contribution in [0.15, 0.2) is 0 Å². The Labute approximate surface area is 93.1 Å². The van der Waals surface area contributed by atoms with Gasteiger partial charge in [-0.3, -0.25) is 4.79 Å². The monoisotopic (exact) mass is 241 g/mol. The molecule has 0 radical (unpaired) electrons. The van der Waals surface area contributed by atoms with Crippen LogP contribution in [0.2, 0.25) is 0 Å². The third-order valence-electron chi connectivity index (χ3n) is 1.78. The number of hydrogen-bond donors (Lipinski definition) is 1. The van der Waals surface area contributed by atoms with Crippen LogP contribution in [0.5, 0.6) is 0 Å². The maximum absolute atomic E-state index is 12.5. The molecule has 0 amide bonds. The minimum Gasteiger partial charge on any atom is -0.459 e. The lowest BCUT2D eigenvalue weighted by Crippen LogP contribution is -2.36. The predicted molar refractivity (Wildman–Crippen MR) is 53.7 cm³/mol. The molecule has 1 unspecified atom stereocenters. The van der Waals surface area contributed by atoms with Gasteiger partial charge in [0.15, 0.2) is 5.92 Å². The van der Waals surface area contributed by atoms with E-state index < -0.39 is 23.7 Å². The quantitative estimate of drug-likeness (QED) is 0.768. The number of ether oxygens (including phenoxy) is 1. The summed E-state index contributed by atoms with van der Waals surface area (Å²) in [6.07, 6.45) is -4.75. The van der Waals surface area contributed by atoms with Crippen LogP contribution in [-0.2, 0) is 9.53 Å². The molecule has 0 heterocycles. The molecular weight excluding hydrogens is 223 g/mol. The number of halogens is 3. The molecule has 2 N–H and O–H groups in total. The molecule has 96 valence electrons. The molecule has 0 aliphatic rings. The van der Waals surface area contributed by atoms with Crippen molar-refractivity contribution in [3.8, 4) is 0 Å². The van der Waals surface area contributed by atoms with Gasteiger partial charge in [0.05, 0.1) is 0 Å². The zero-order valence-corrected chi connectivity index (χ0v) is 9.73. The number of alkyl halides is 3. The summed E-state index contributed by atoms with van der Waals surface area (Å²) in [5.74, 6) is -3.30. The molecule has 0 aliphatic heterocycles. The second-order valence-corrected chi connectivity index (χ2v) is 4.56.